The van der Waals surface area contributed by atoms with E-state index in [0.717, 1.165) is 4.47 Å². The second-order valence-electron chi connectivity index (χ2n) is 5.97. The predicted molar refractivity (Wildman–Crippen MR) is 113 cm³/mol. The molecule has 0 aliphatic heterocycles. The summed E-state index contributed by atoms with van der Waals surface area (Å²) in [6.07, 6.45) is 0. The van der Waals surface area contributed by atoms with E-state index in [1.165, 1.54) is 4.90 Å². The van der Waals surface area contributed by atoms with E-state index in [4.69, 9.17) is 9.47 Å². The minimum atomic E-state index is -0.780. The van der Waals surface area contributed by atoms with E-state index in [0.29, 0.717) is 11.3 Å². The Kier molecular flexibility index (Phi) is 9.02. The maximum absolute atomic E-state index is 12.5. The number of carbonyl (C=O) groups excluding carboxylic acids is 4. The van der Waals surface area contributed by atoms with Crippen LogP contribution in [0.4, 0.5) is 5.69 Å². The molecule has 2 rings (SSSR count). The van der Waals surface area contributed by atoms with Crippen LogP contribution in [0.3, 0.4) is 0 Å². The van der Waals surface area contributed by atoms with Gasteiger partial charge in [0.05, 0.1) is 6.61 Å². The number of hydrogen-bond acceptors (Lipinski definition) is 6. The summed E-state index contributed by atoms with van der Waals surface area (Å²) < 4.78 is 10.7. The molecule has 2 aromatic carbocycles. The highest BCUT2D eigenvalue weighted by molar-refractivity contribution is 9.10. The summed E-state index contributed by atoms with van der Waals surface area (Å²) in [6.45, 7) is 0.556. The highest BCUT2D eigenvalue weighted by Gasteiger charge is 2.21. The lowest BCUT2D eigenvalue weighted by atomic mass is 10.2. The summed E-state index contributed by atoms with van der Waals surface area (Å²) in [4.78, 5) is 49.5. The number of nitrogens with one attached hydrogen (secondary N) is 1. The van der Waals surface area contributed by atoms with Crippen LogP contribution in [0.15, 0.2) is 59.1 Å². The Bertz CT molecular complexity index is 886. The molecule has 0 unspecified atom stereocenters. The van der Waals surface area contributed by atoms with Gasteiger partial charge in [-0.2, -0.15) is 0 Å². The van der Waals surface area contributed by atoms with Crippen LogP contribution in [0.25, 0.3) is 0 Å². The number of halogens is 1. The molecule has 0 heterocycles. The maximum atomic E-state index is 12.5. The van der Waals surface area contributed by atoms with Crippen LogP contribution in [0.1, 0.15) is 17.3 Å². The van der Waals surface area contributed by atoms with Crippen LogP contribution in [-0.4, -0.2) is 50.1 Å². The van der Waals surface area contributed by atoms with Crippen LogP contribution >= 0.6 is 15.9 Å². The summed E-state index contributed by atoms with van der Waals surface area (Å²) in [6, 6.07) is 15.1. The molecule has 0 saturated carbocycles. The lowest BCUT2D eigenvalue weighted by Gasteiger charge is -2.21. The van der Waals surface area contributed by atoms with Crippen LogP contribution in [0, 0.1) is 0 Å². The number of benzene rings is 2. The number of rotatable bonds is 9. The van der Waals surface area contributed by atoms with Crippen LogP contribution in [0.2, 0.25) is 0 Å². The van der Waals surface area contributed by atoms with Crippen molar-refractivity contribution in [2.75, 3.05) is 31.2 Å². The van der Waals surface area contributed by atoms with Crippen molar-refractivity contribution in [1.29, 1.82) is 0 Å². The second-order valence-corrected chi connectivity index (χ2v) is 6.89. The van der Waals surface area contributed by atoms with Crippen molar-refractivity contribution in [3.8, 4) is 0 Å². The number of hydrogen-bond donors (Lipinski definition) is 1. The Morgan fingerprint density at radius 1 is 0.933 bits per heavy atom. The molecule has 0 saturated heterocycles. The van der Waals surface area contributed by atoms with E-state index < -0.39 is 36.9 Å². The maximum Gasteiger partial charge on any atom is 0.326 e. The van der Waals surface area contributed by atoms with Gasteiger partial charge < -0.3 is 14.8 Å². The molecule has 9 heteroatoms. The van der Waals surface area contributed by atoms with Crippen molar-refractivity contribution >= 4 is 45.4 Å². The zero-order chi connectivity index (χ0) is 21.9. The number of carbonyl (C=O) groups is 4. The molecule has 2 aromatic rings. The Morgan fingerprint density at radius 3 is 2.23 bits per heavy atom. The van der Waals surface area contributed by atoms with Crippen molar-refractivity contribution in [1.82, 2.24) is 5.32 Å². The van der Waals surface area contributed by atoms with Crippen molar-refractivity contribution in [2.24, 2.45) is 0 Å². The fourth-order valence-corrected chi connectivity index (χ4v) is 2.66. The van der Waals surface area contributed by atoms with Gasteiger partial charge in [-0.1, -0.05) is 34.1 Å². The Balaban J connectivity index is 1.88. The third-order valence-corrected chi connectivity index (χ3v) is 4.35. The first-order chi connectivity index (χ1) is 14.4. The van der Waals surface area contributed by atoms with Gasteiger partial charge in [0.25, 0.3) is 11.8 Å². The molecule has 0 aliphatic rings. The lowest BCUT2D eigenvalue weighted by molar-refractivity contribution is -0.147. The van der Waals surface area contributed by atoms with E-state index >= 15 is 0 Å². The van der Waals surface area contributed by atoms with E-state index in [2.05, 4.69) is 21.2 Å². The Hall–Kier alpha value is -3.20. The minimum absolute atomic E-state index is 0.183. The summed E-state index contributed by atoms with van der Waals surface area (Å²) >= 11 is 3.27. The summed E-state index contributed by atoms with van der Waals surface area (Å²) in [7, 11) is 0. The third-order valence-electron chi connectivity index (χ3n) is 3.82. The standard InChI is InChI=1S/C21H21BrN2O6/c1-2-29-20(27)13-24(17-6-4-3-5-7-17)18(25)14-30-19(26)12-23-21(28)15-8-10-16(22)11-9-15/h3-11H,2,12-14H2,1H3,(H,23,28). The van der Waals surface area contributed by atoms with E-state index in [1.54, 1.807) is 61.5 Å². The first-order valence-electron chi connectivity index (χ1n) is 9.11. The molecule has 0 fully saturated rings. The number of nitrogens with zero attached hydrogens (tertiary/aromatic N) is 1. The summed E-state index contributed by atoms with van der Waals surface area (Å²) in [5, 5.41) is 2.42. The van der Waals surface area contributed by atoms with Gasteiger partial charge in [-0.15, -0.1) is 0 Å². The molecule has 2 amide bonds. The molecule has 0 radical (unpaired) electrons. The van der Waals surface area contributed by atoms with Gasteiger partial charge in [-0.3, -0.25) is 24.1 Å². The quantitative estimate of drug-likeness (QED) is 0.557. The molecule has 0 spiro atoms. The molecular weight excluding hydrogens is 456 g/mol. The molecule has 0 bridgehead atoms. The summed E-state index contributed by atoms with van der Waals surface area (Å²) in [5.74, 6) is -2.40. The predicted octanol–water partition coefficient (Wildman–Crippen LogP) is 2.32. The fraction of sp³-hybridized carbons (Fsp3) is 0.238. The van der Waals surface area contributed by atoms with Crippen molar-refractivity contribution in [2.45, 2.75) is 6.92 Å². The SMILES string of the molecule is CCOC(=O)CN(C(=O)COC(=O)CNC(=O)c1ccc(Br)cc1)c1ccccc1. The van der Waals surface area contributed by atoms with Crippen molar-refractivity contribution < 1.29 is 28.7 Å². The first-order valence-corrected chi connectivity index (χ1v) is 9.90. The zero-order valence-electron chi connectivity index (χ0n) is 16.3. The highest BCUT2D eigenvalue weighted by atomic mass is 79.9. The highest BCUT2D eigenvalue weighted by Crippen LogP contribution is 2.14. The van der Waals surface area contributed by atoms with Gasteiger partial charge in [0.15, 0.2) is 6.61 Å². The van der Waals surface area contributed by atoms with Gasteiger partial charge in [-0.25, -0.2) is 0 Å². The van der Waals surface area contributed by atoms with Crippen molar-refractivity contribution in [3.05, 3.63) is 64.6 Å². The fourth-order valence-electron chi connectivity index (χ4n) is 2.39. The van der Waals surface area contributed by atoms with Gasteiger partial charge in [0.1, 0.15) is 13.1 Å². The van der Waals surface area contributed by atoms with Crippen LogP contribution in [0.5, 0.6) is 0 Å². The molecule has 0 aliphatic carbocycles. The van der Waals surface area contributed by atoms with Gasteiger partial charge in [-0.05, 0) is 43.3 Å². The van der Waals surface area contributed by atoms with Crippen LogP contribution in [-0.2, 0) is 23.9 Å². The zero-order valence-corrected chi connectivity index (χ0v) is 17.9. The smallest absolute Gasteiger partial charge is 0.326 e. The van der Waals surface area contributed by atoms with E-state index in [-0.39, 0.29) is 13.2 Å². The van der Waals surface area contributed by atoms with Gasteiger partial charge in [0, 0.05) is 15.7 Å². The average molecular weight is 477 g/mol. The molecule has 1 N–H and O–H groups in total. The van der Waals surface area contributed by atoms with Crippen LogP contribution < -0.4 is 10.2 Å². The largest absolute Gasteiger partial charge is 0.465 e. The molecule has 8 nitrogen and oxygen atoms in total. The normalized spacial score (nSPS) is 10.1. The van der Waals surface area contributed by atoms with E-state index in [1.807, 2.05) is 0 Å². The molecular formula is C21H21BrN2O6. The second kappa shape index (κ2) is 11.7. The molecule has 0 atom stereocenters. The minimum Gasteiger partial charge on any atom is -0.465 e. The van der Waals surface area contributed by atoms with Gasteiger partial charge in [0.2, 0.25) is 0 Å². The monoisotopic (exact) mass is 476 g/mol. The molecule has 158 valence electrons. The number of para-hydroxylation sites is 1. The van der Waals surface area contributed by atoms with Crippen molar-refractivity contribution in [3.63, 3.8) is 0 Å². The third kappa shape index (κ3) is 7.32. The number of ether oxygens (including phenoxy) is 2. The summed E-state index contributed by atoms with van der Waals surface area (Å²) in [5.41, 5.74) is 0.849. The number of amides is 2. The molecule has 0 aromatic heterocycles. The number of esters is 2. The first kappa shape index (κ1) is 23.1. The molecule has 30 heavy (non-hydrogen) atoms. The number of anilines is 1. The van der Waals surface area contributed by atoms with E-state index in [9.17, 15) is 19.2 Å². The lowest BCUT2D eigenvalue weighted by Crippen LogP contribution is -2.40. The van der Waals surface area contributed by atoms with Gasteiger partial charge >= 0.3 is 11.9 Å². The Labute approximate surface area is 182 Å². The average Bonchev–Trinajstić information content (AvgIpc) is 2.75. The Morgan fingerprint density at radius 2 is 1.60 bits per heavy atom. The topological polar surface area (TPSA) is 102 Å².